The molecule has 6 heteroatoms. The summed E-state index contributed by atoms with van der Waals surface area (Å²) < 4.78 is 0.784. The van der Waals surface area contributed by atoms with Gasteiger partial charge in [0.2, 0.25) is 0 Å². The SMILES string of the molecule is Cc1cc(Br)c(NC(=O)c2scc(C)c2Cl)cc1Cl. The molecule has 1 heterocycles. The van der Waals surface area contributed by atoms with E-state index in [4.69, 9.17) is 23.2 Å². The predicted molar refractivity (Wildman–Crippen MR) is 85.9 cm³/mol. The summed E-state index contributed by atoms with van der Waals surface area (Å²) in [4.78, 5) is 12.7. The molecule has 0 saturated heterocycles. The van der Waals surface area contributed by atoms with Gasteiger partial charge < -0.3 is 5.32 Å². The minimum absolute atomic E-state index is 0.233. The average Bonchev–Trinajstić information content (AvgIpc) is 2.67. The Labute approximate surface area is 133 Å². The van der Waals surface area contributed by atoms with Crippen LogP contribution >= 0.6 is 50.5 Å². The van der Waals surface area contributed by atoms with Crippen molar-refractivity contribution < 1.29 is 4.79 Å². The summed E-state index contributed by atoms with van der Waals surface area (Å²) in [5.74, 6) is -0.233. The largest absolute Gasteiger partial charge is 0.320 e. The molecule has 1 aromatic carbocycles. The fourth-order valence-corrected chi connectivity index (χ4v) is 3.40. The maximum absolute atomic E-state index is 12.1. The normalized spacial score (nSPS) is 10.6. The molecule has 1 N–H and O–H groups in total. The molecule has 0 aliphatic heterocycles. The lowest BCUT2D eigenvalue weighted by Gasteiger charge is -2.09. The number of carbonyl (C=O) groups is 1. The topological polar surface area (TPSA) is 29.1 Å². The van der Waals surface area contributed by atoms with Crippen LogP contribution in [0, 0.1) is 13.8 Å². The third-order valence-electron chi connectivity index (χ3n) is 2.60. The number of carbonyl (C=O) groups excluding carboxylic acids is 1. The molecule has 0 saturated carbocycles. The highest BCUT2D eigenvalue weighted by molar-refractivity contribution is 9.10. The van der Waals surface area contributed by atoms with Crippen molar-refractivity contribution in [2.45, 2.75) is 13.8 Å². The Morgan fingerprint density at radius 1 is 1.26 bits per heavy atom. The second-order valence-corrected chi connectivity index (χ2v) is 6.62. The van der Waals surface area contributed by atoms with Gasteiger partial charge in [-0.3, -0.25) is 4.79 Å². The van der Waals surface area contributed by atoms with Crippen LogP contribution < -0.4 is 5.32 Å². The number of amides is 1. The van der Waals surface area contributed by atoms with E-state index < -0.39 is 0 Å². The van der Waals surface area contributed by atoms with Gasteiger partial charge in [-0.2, -0.15) is 0 Å². The highest BCUT2D eigenvalue weighted by atomic mass is 79.9. The Morgan fingerprint density at radius 2 is 1.95 bits per heavy atom. The molecule has 19 heavy (non-hydrogen) atoms. The third-order valence-corrected chi connectivity index (χ3v) is 5.36. The third kappa shape index (κ3) is 3.14. The van der Waals surface area contributed by atoms with Crippen LogP contribution in [0.4, 0.5) is 5.69 Å². The number of hydrogen-bond donors (Lipinski definition) is 1. The van der Waals surface area contributed by atoms with E-state index in [1.807, 2.05) is 25.3 Å². The molecule has 0 fully saturated rings. The van der Waals surface area contributed by atoms with Crippen molar-refractivity contribution in [1.82, 2.24) is 0 Å². The average molecular weight is 379 g/mol. The smallest absolute Gasteiger partial charge is 0.267 e. The van der Waals surface area contributed by atoms with Crippen molar-refractivity contribution in [2.24, 2.45) is 0 Å². The molecule has 2 aromatic rings. The van der Waals surface area contributed by atoms with Crippen LogP contribution in [0.25, 0.3) is 0 Å². The van der Waals surface area contributed by atoms with Crippen molar-refractivity contribution in [3.05, 3.63) is 48.0 Å². The molecule has 2 rings (SSSR count). The minimum Gasteiger partial charge on any atom is -0.320 e. The summed E-state index contributed by atoms with van der Waals surface area (Å²) in [5, 5.41) is 5.76. The zero-order chi connectivity index (χ0) is 14.2. The lowest BCUT2D eigenvalue weighted by molar-refractivity contribution is 0.103. The summed E-state index contributed by atoms with van der Waals surface area (Å²) in [6.07, 6.45) is 0. The van der Waals surface area contributed by atoms with Gasteiger partial charge in [-0.25, -0.2) is 0 Å². The fraction of sp³-hybridized carbons (Fsp3) is 0.154. The second-order valence-electron chi connectivity index (χ2n) is 4.10. The highest BCUT2D eigenvalue weighted by Crippen LogP contribution is 2.32. The quantitative estimate of drug-likeness (QED) is 0.714. The number of thiophene rings is 1. The van der Waals surface area contributed by atoms with Crippen LogP contribution in [-0.4, -0.2) is 5.91 Å². The van der Waals surface area contributed by atoms with Gasteiger partial charge in [-0.05, 0) is 58.4 Å². The van der Waals surface area contributed by atoms with Crippen LogP contribution in [-0.2, 0) is 0 Å². The molecule has 1 aromatic heterocycles. The van der Waals surface area contributed by atoms with Crippen LogP contribution in [0.1, 0.15) is 20.8 Å². The molecular weight excluding hydrogens is 369 g/mol. The maximum atomic E-state index is 12.1. The zero-order valence-electron chi connectivity index (χ0n) is 10.2. The molecule has 0 unspecified atom stereocenters. The first-order valence-corrected chi connectivity index (χ1v) is 7.83. The van der Waals surface area contributed by atoms with Gasteiger partial charge in [0.15, 0.2) is 0 Å². The van der Waals surface area contributed by atoms with Crippen molar-refractivity contribution in [3.8, 4) is 0 Å². The molecule has 0 bridgehead atoms. The van der Waals surface area contributed by atoms with Crippen molar-refractivity contribution in [3.63, 3.8) is 0 Å². The Kier molecular flexibility index (Phi) is 4.56. The van der Waals surface area contributed by atoms with Gasteiger partial charge in [-0.15, -0.1) is 11.3 Å². The van der Waals surface area contributed by atoms with Crippen LogP contribution in [0.3, 0.4) is 0 Å². The lowest BCUT2D eigenvalue weighted by atomic mass is 10.2. The van der Waals surface area contributed by atoms with Gasteiger partial charge in [0.05, 0.1) is 10.7 Å². The van der Waals surface area contributed by atoms with Crippen LogP contribution in [0.15, 0.2) is 22.0 Å². The molecule has 0 atom stereocenters. The first kappa shape index (κ1) is 14.9. The van der Waals surface area contributed by atoms with E-state index >= 15 is 0 Å². The summed E-state index contributed by atoms with van der Waals surface area (Å²) in [6, 6.07) is 3.58. The number of rotatable bonds is 2. The molecule has 0 spiro atoms. The van der Waals surface area contributed by atoms with Crippen molar-refractivity contribution >= 4 is 62.1 Å². The summed E-state index contributed by atoms with van der Waals surface area (Å²) in [7, 11) is 0. The summed E-state index contributed by atoms with van der Waals surface area (Å²) in [5.41, 5.74) is 2.47. The Bertz CT molecular complexity index is 654. The van der Waals surface area contributed by atoms with E-state index in [0.717, 1.165) is 15.6 Å². The molecule has 0 aliphatic carbocycles. The number of nitrogens with one attached hydrogen (secondary N) is 1. The van der Waals surface area contributed by atoms with Crippen molar-refractivity contribution in [2.75, 3.05) is 5.32 Å². The van der Waals surface area contributed by atoms with Gasteiger partial charge in [0, 0.05) is 9.50 Å². The number of benzene rings is 1. The number of hydrogen-bond acceptors (Lipinski definition) is 2. The zero-order valence-corrected chi connectivity index (χ0v) is 14.1. The van der Waals surface area contributed by atoms with Gasteiger partial charge in [-0.1, -0.05) is 23.2 Å². The molecular formula is C13H10BrCl2NOS. The van der Waals surface area contributed by atoms with Crippen molar-refractivity contribution in [1.29, 1.82) is 0 Å². The molecule has 2 nitrogen and oxygen atoms in total. The fourth-order valence-electron chi connectivity index (χ4n) is 1.50. The van der Waals surface area contributed by atoms with E-state index in [1.54, 1.807) is 6.07 Å². The van der Waals surface area contributed by atoms with Gasteiger partial charge in [0.1, 0.15) is 4.88 Å². The minimum atomic E-state index is -0.233. The highest BCUT2D eigenvalue weighted by Gasteiger charge is 2.16. The molecule has 0 aliphatic rings. The van der Waals surface area contributed by atoms with E-state index in [2.05, 4.69) is 21.2 Å². The van der Waals surface area contributed by atoms with Crippen LogP contribution in [0.2, 0.25) is 10.0 Å². The van der Waals surface area contributed by atoms with Gasteiger partial charge in [0.25, 0.3) is 5.91 Å². The van der Waals surface area contributed by atoms with E-state index in [9.17, 15) is 4.79 Å². The maximum Gasteiger partial charge on any atom is 0.267 e. The first-order chi connectivity index (χ1) is 8.90. The molecule has 0 radical (unpaired) electrons. The Morgan fingerprint density at radius 3 is 2.53 bits per heavy atom. The summed E-state index contributed by atoms with van der Waals surface area (Å²) >= 11 is 16.9. The van der Waals surface area contributed by atoms with E-state index in [1.165, 1.54) is 11.3 Å². The molecule has 100 valence electrons. The second kappa shape index (κ2) is 5.83. The number of halogens is 3. The van der Waals surface area contributed by atoms with Gasteiger partial charge >= 0.3 is 0 Å². The Hall–Kier alpha value is -0.550. The Balaban J connectivity index is 2.29. The number of aryl methyl sites for hydroxylation is 2. The first-order valence-electron chi connectivity index (χ1n) is 5.40. The van der Waals surface area contributed by atoms with E-state index in [-0.39, 0.29) is 5.91 Å². The monoisotopic (exact) mass is 377 g/mol. The number of anilines is 1. The standard InChI is InChI=1S/C13H10BrCl2NOS/c1-6-3-8(14)10(4-9(6)15)17-13(18)12-11(16)7(2)5-19-12/h3-5H,1-2H3,(H,17,18). The lowest BCUT2D eigenvalue weighted by Crippen LogP contribution is -2.11. The summed E-state index contributed by atoms with van der Waals surface area (Å²) in [6.45, 7) is 3.77. The predicted octanol–water partition coefficient (Wildman–Crippen LogP) is 5.69. The van der Waals surface area contributed by atoms with Crippen LogP contribution in [0.5, 0.6) is 0 Å². The molecule has 1 amide bonds. The van der Waals surface area contributed by atoms with E-state index in [0.29, 0.717) is 20.6 Å².